The molecule has 0 radical (unpaired) electrons. The van der Waals surface area contributed by atoms with Crippen LogP contribution in [0.5, 0.6) is 0 Å². The van der Waals surface area contributed by atoms with Gasteiger partial charge in [-0.15, -0.1) is 5.10 Å². The number of aromatic nitrogens is 4. The number of likely N-dealkylation sites (tertiary alicyclic amines) is 1. The molecule has 1 amide bonds. The predicted molar refractivity (Wildman–Crippen MR) is 124 cm³/mol. The van der Waals surface area contributed by atoms with E-state index in [-0.39, 0.29) is 11.9 Å². The number of pyridine rings is 2. The van der Waals surface area contributed by atoms with Gasteiger partial charge in [0, 0.05) is 24.9 Å². The molecule has 32 heavy (non-hydrogen) atoms. The molecule has 0 aromatic carbocycles. The van der Waals surface area contributed by atoms with Gasteiger partial charge in [0.25, 0.3) is 0 Å². The Kier molecular flexibility index (Phi) is 6.07. The van der Waals surface area contributed by atoms with Gasteiger partial charge in [-0.3, -0.25) is 9.78 Å². The first-order valence-corrected chi connectivity index (χ1v) is 10.6. The fourth-order valence-corrected chi connectivity index (χ4v) is 3.40. The second-order valence-electron chi connectivity index (χ2n) is 8.17. The maximum Gasteiger partial charge on any atom is 0.219 e. The number of hydrogen-bond donors (Lipinski definition) is 3. The van der Waals surface area contributed by atoms with Crippen LogP contribution < -0.4 is 16.0 Å². The van der Waals surface area contributed by atoms with Crippen molar-refractivity contribution in [2.75, 3.05) is 18.4 Å². The fraction of sp³-hybridized carbons (Fsp3) is 0.304. The largest absolute Gasteiger partial charge is 0.404 e. The van der Waals surface area contributed by atoms with Crippen LogP contribution in [-0.4, -0.2) is 56.3 Å². The summed E-state index contributed by atoms with van der Waals surface area (Å²) in [5, 5.41) is 11.4. The Bertz CT molecular complexity index is 1200. The number of fused-ring (bicyclic) bond motifs is 1. The average Bonchev–Trinajstić information content (AvgIpc) is 2.75. The first-order valence-electron chi connectivity index (χ1n) is 10.6. The van der Waals surface area contributed by atoms with Crippen LogP contribution in [0.3, 0.4) is 0 Å². The summed E-state index contributed by atoms with van der Waals surface area (Å²) in [7, 11) is 0. The zero-order valence-corrected chi connectivity index (χ0v) is 18.4. The van der Waals surface area contributed by atoms with Crippen LogP contribution in [0.1, 0.15) is 37.8 Å². The molecule has 4 rings (SSSR count). The highest BCUT2D eigenvalue weighted by Gasteiger charge is 2.31. The topological polar surface area (TPSA) is 124 Å². The summed E-state index contributed by atoms with van der Waals surface area (Å²) in [5.41, 5.74) is 10.1. The van der Waals surface area contributed by atoms with Crippen LogP contribution in [0.15, 0.2) is 42.9 Å². The number of amides is 1. The van der Waals surface area contributed by atoms with Crippen molar-refractivity contribution in [3.05, 3.63) is 54.0 Å². The maximum absolute atomic E-state index is 11.3. The minimum absolute atomic E-state index is 0.0915. The molecule has 4 heterocycles. The fourth-order valence-electron chi connectivity index (χ4n) is 3.40. The molecule has 0 unspecified atom stereocenters. The summed E-state index contributed by atoms with van der Waals surface area (Å²) in [6.07, 6.45) is 6.94. The van der Waals surface area contributed by atoms with Crippen LogP contribution in [0.25, 0.3) is 16.6 Å². The van der Waals surface area contributed by atoms with Gasteiger partial charge in [-0.1, -0.05) is 13.8 Å². The Hall–Kier alpha value is -3.88. The monoisotopic (exact) mass is 431 g/mol. The molecule has 1 aliphatic heterocycles. The lowest BCUT2D eigenvalue weighted by atomic mass is 10.1. The van der Waals surface area contributed by atoms with Crippen LogP contribution in [-0.2, 0) is 4.79 Å². The lowest BCUT2D eigenvalue weighted by molar-refractivity contribution is -0.513. The molecule has 0 atom stereocenters. The van der Waals surface area contributed by atoms with Gasteiger partial charge in [0.1, 0.15) is 5.82 Å². The van der Waals surface area contributed by atoms with Gasteiger partial charge >= 0.3 is 0 Å². The highest BCUT2D eigenvalue weighted by Crippen LogP contribution is 2.21. The normalized spacial score (nSPS) is 14.9. The maximum atomic E-state index is 11.3. The number of carbonyl (C=O) groups excluding carboxylic acids is 1. The molecule has 0 spiro atoms. The number of nitrogens with zero attached hydrogens (tertiary/aromatic N) is 5. The Morgan fingerprint density at radius 1 is 1.22 bits per heavy atom. The first-order chi connectivity index (χ1) is 15.4. The van der Waals surface area contributed by atoms with Gasteiger partial charge in [-0.25, -0.2) is 9.98 Å². The van der Waals surface area contributed by atoms with Crippen LogP contribution in [0.2, 0.25) is 0 Å². The molecule has 3 aromatic heterocycles. The number of anilines is 2. The number of carbonyl (C=O) groups is 1. The first kappa shape index (κ1) is 21.4. The lowest BCUT2D eigenvalue weighted by Gasteiger charge is -2.32. The van der Waals surface area contributed by atoms with E-state index in [0.717, 1.165) is 27.7 Å². The molecule has 4 N–H and O–H groups in total. The van der Waals surface area contributed by atoms with Gasteiger partial charge in [-0.05, 0) is 35.7 Å². The van der Waals surface area contributed by atoms with E-state index in [0.29, 0.717) is 30.6 Å². The second kappa shape index (κ2) is 9.09. The van der Waals surface area contributed by atoms with Gasteiger partial charge < -0.3 is 16.0 Å². The van der Waals surface area contributed by atoms with Crippen molar-refractivity contribution in [1.82, 2.24) is 25.1 Å². The van der Waals surface area contributed by atoms with Crippen molar-refractivity contribution in [3.8, 4) is 0 Å². The molecular formula is C23H27N8O+. The van der Waals surface area contributed by atoms with E-state index in [1.807, 2.05) is 30.5 Å². The van der Waals surface area contributed by atoms with Gasteiger partial charge in [0.05, 0.1) is 35.9 Å². The third kappa shape index (κ3) is 4.72. The SMILES string of the molecule is CC(=O)N1CC([NH+]=CC(=CN)c2cnc3ccc(Nc4cc(C(C)C)cnn4)nc3c2)C1. The minimum atomic E-state index is 0.0915. The Balaban J connectivity index is 1.52. The second-order valence-corrected chi connectivity index (χ2v) is 8.17. The smallest absolute Gasteiger partial charge is 0.219 e. The third-order valence-corrected chi connectivity index (χ3v) is 5.45. The van der Waals surface area contributed by atoms with E-state index < -0.39 is 0 Å². The Labute approximate surface area is 186 Å². The van der Waals surface area contributed by atoms with Gasteiger partial charge in [0.2, 0.25) is 5.91 Å². The number of hydrogen-bond acceptors (Lipinski definition) is 7. The summed E-state index contributed by atoms with van der Waals surface area (Å²) < 4.78 is 0. The quantitative estimate of drug-likeness (QED) is 0.497. The molecule has 164 valence electrons. The van der Waals surface area contributed by atoms with Crippen molar-refractivity contribution >= 4 is 40.4 Å². The minimum Gasteiger partial charge on any atom is -0.404 e. The molecule has 1 aliphatic rings. The van der Waals surface area contributed by atoms with E-state index in [9.17, 15) is 4.79 Å². The Morgan fingerprint density at radius 2 is 2.03 bits per heavy atom. The molecule has 9 nitrogen and oxygen atoms in total. The van der Waals surface area contributed by atoms with Crippen molar-refractivity contribution in [3.63, 3.8) is 0 Å². The van der Waals surface area contributed by atoms with Crippen LogP contribution >= 0.6 is 0 Å². The zero-order chi connectivity index (χ0) is 22.7. The van der Waals surface area contributed by atoms with E-state index in [2.05, 4.69) is 44.3 Å². The third-order valence-electron chi connectivity index (χ3n) is 5.45. The van der Waals surface area contributed by atoms with Crippen molar-refractivity contribution in [1.29, 1.82) is 0 Å². The zero-order valence-electron chi connectivity index (χ0n) is 18.4. The van der Waals surface area contributed by atoms with Crippen molar-refractivity contribution < 1.29 is 9.79 Å². The van der Waals surface area contributed by atoms with Crippen LogP contribution in [0, 0.1) is 0 Å². The Morgan fingerprint density at radius 3 is 2.75 bits per heavy atom. The standard InChI is InChI=1S/C23H26N8O/c1-14(2)16-7-23(30-27-11-16)29-22-5-4-20-21(28-22)6-17(9-26-20)18(8-24)10-25-19-12-31(13-19)15(3)32/h4-11,14,19H,12-13,24H2,1-3H3,(H,28,29,30)/p+1. The van der Waals surface area contributed by atoms with Crippen LogP contribution in [0.4, 0.5) is 11.6 Å². The molecule has 1 saturated heterocycles. The summed E-state index contributed by atoms with van der Waals surface area (Å²) in [6, 6.07) is 7.92. The van der Waals surface area contributed by atoms with Crippen molar-refractivity contribution in [2.45, 2.75) is 32.7 Å². The van der Waals surface area contributed by atoms with E-state index >= 15 is 0 Å². The molecule has 1 fully saturated rings. The van der Waals surface area contributed by atoms with Gasteiger partial charge in [0.15, 0.2) is 18.1 Å². The molecule has 0 bridgehead atoms. The lowest BCUT2D eigenvalue weighted by Crippen LogP contribution is -2.86. The number of rotatable bonds is 6. The summed E-state index contributed by atoms with van der Waals surface area (Å²) in [4.78, 5) is 25.6. The van der Waals surface area contributed by atoms with E-state index in [4.69, 9.17) is 5.73 Å². The molecule has 9 heteroatoms. The number of allylic oxidation sites excluding steroid dienone is 1. The number of nitrogens with two attached hydrogens (primary N) is 1. The van der Waals surface area contributed by atoms with E-state index in [1.165, 1.54) is 6.20 Å². The number of nitrogens with one attached hydrogen (secondary N) is 2. The summed E-state index contributed by atoms with van der Waals surface area (Å²) in [6.45, 7) is 7.19. The molecule has 0 saturated carbocycles. The molecule has 3 aromatic rings. The van der Waals surface area contributed by atoms with Gasteiger partial charge in [-0.2, -0.15) is 5.10 Å². The highest BCUT2D eigenvalue weighted by molar-refractivity contribution is 6.07. The predicted octanol–water partition coefficient (Wildman–Crippen LogP) is 0.969. The highest BCUT2D eigenvalue weighted by atomic mass is 16.2. The van der Waals surface area contributed by atoms with Crippen molar-refractivity contribution in [2.24, 2.45) is 5.73 Å². The summed E-state index contributed by atoms with van der Waals surface area (Å²) >= 11 is 0. The molecular weight excluding hydrogens is 404 g/mol. The molecule has 0 aliphatic carbocycles. The summed E-state index contributed by atoms with van der Waals surface area (Å²) in [5.74, 6) is 1.76. The average molecular weight is 432 g/mol. The van der Waals surface area contributed by atoms with E-state index in [1.54, 1.807) is 24.2 Å².